The molecule has 16 radical (unpaired) electrons. The van der Waals surface area contributed by atoms with Gasteiger partial charge in [-0.15, -0.1) is 10.2 Å². The third-order valence-electron chi connectivity index (χ3n) is 8.64. The molecule has 0 aromatic carbocycles. The molecular formula is C26H28B8N4O4. The van der Waals surface area contributed by atoms with Gasteiger partial charge >= 0.3 is 5.97 Å². The Hall–Kier alpha value is -2.14. The lowest BCUT2D eigenvalue weighted by Crippen LogP contribution is -2.74. The fourth-order valence-corrected chi connectivity index (χ4v) is 6.13. The average Bonchev–Trinajstić information content (AvgIpc) is 3.73. The van der Waals surface area contributed by atoms with E-state index in [0.717, 1.165) is 29.7 Å². The molecule has 8 nitrogen and oxygen atoms in total. The van der Waals surface area contributed by atoms with Crippen LogP contribution in [0.15, 0.2) is 0 Å². The Labute approximate surface area is 259 Å². The van der Waals surface area contributed by atoms with Crippen molar-refractivity contribution >= 4 is 80.5 Å². The third-order valence-corrected chi connectivity index (χ3v) is 8.64. The highest BCUT2D eigenvalue weighted by molar-refractivity contribution is 6.70. The summed E-state index contributed by atoms with van der Waals surface area (Å²) in [4.78, 5) is 33.3. The standard InChI is InChI=1S/C26H28B8N4O4/c1-22(2)10-15-16(11-35)21(36-20(14-4-5-14)17(15)12-42-22)37-8-9-38(18(39)6-7-19(40)41-3)23(27,13-37)24(28,25(29,30)31)26(32,33)34/h14H,4-10,12-13H2,1-3H3/t23-/m1/s1. The van der Waals surface area contributed by atoms with Crippen molar-refractivity contribution in [3.63, 3.8) is 0 Å². The maximum Gasteiger partial charge on any atom is 0.306 e. The summed E-state index contributed by atoms with van der Waals surface area (Å²) in [7, 11) is 51.9. The maximum atomic E-state index is 13.6. The number of amides is 1. The molecule has 0 bridgehead atoms. The van der Waals surface area contributed by atoms with E-state index in [1.165, 1.54) is 12.0 Å². The van der Waals surface area contributed by atoms with Crippen LogP contribution >= 0.6 is 0 Å². The topological polar surface area (TPSA) is 95.8 Å². The summed E-state index contributed by atoms with van der Waals surface area (Å²) < 4.78 is 10.7. The molecule has 3 aliphatic rings. The van der Waals surface area contributed by atoms with Crippen LogP contribution in [0, 0.1) is 11.3 Å². The van der Waals surface area contributed by atoms with E-state index in [4.69, 9.17) is 72.5 Å². The Bertz CT molecular complexity index is 1290. The van der Waals surface area contributed by atoms with Crippen LogP contribution in [0.4, 0.5) is 5.82 Å². The van der Waals surface area contributed by atoms with Gasteiger partial charge in [-0.05, 0) is 32.3 Å². The second-order valence-corrected chi connectivity index (χ2v) is 12.4. The number of methoxy groups -OCH3 is 1. The number of fused-ring (bicyclic) bond motifs is 1. The van der Waals surface area contributed by atoms with E-state index >= 15 is 0 Å². The Kier molecular flexibility index (Phi) is 8.65. The lowest BCUT2D eigenvalue weighted by molar-refractivity contribution is -0.145. The third kappa shape index (κ3) is 5.60. The Morgan fingerprint density at radius 2 is 1.69 bits per heavy atom. The molecule has 1 aliphatic carbocycles. The van der Waals surface area contributed by atoms with Crippen molar-refractivity contribution in [1.29, 1.82) is 5.26 Å². The number of nitriles is 1. The first-order valence-corrected chi connectivity index (χ1v) is 13.8. The minimum atomic E-state index is -2.43. The number of aromatic nitrogens is 1. The first-order chi connectivity index (χ1) is 19.3. The zero-order valence-corrected chi connectivity index (χ0v) is 24.5. The van der Waals surface area contributed by atoms with Gasteiger partial charge in [-0.25, -0.2) is 4.98 Å². The molecule has 0 N–H and O–H groups in total. The summed E-state index contributed by atoms with van der Waals surface area (Å²) in [6.07, 6.45) is 1.93. The van der Waals surface area contributed by atoms with Gasteiger partial charge in [-0.1, -0.05) is 5.31 Å². The second kappa shape index (κ2) is 11.1. The molecule has 2 aliphatic heterocycles. The molecule has 16 heteroatoms. The Morgan fingerprint density at radius 1 is 1.07 bits per heavy atom. The van der Waals surface area contributed by atoms with E-state index in [0.29, 0.717) is 24.4 Å². The molecule has 200 valence electrons. The van der Waals surface area contributed by atoms with Gasteiger partial charge in [0.05, 0.1) is 91.9 Å². The monoisotopic (exact) mass is 548 g/mol. The number of hydrogen-bond acceptors (Lipinski definition) is 7. The normalized spacial score (nSPS) is 22.6. The number of pyridine rings is 1. The number of esters is 1. The maximum absolute atomic E-state index is 13.6. The van der Waals surface area contributed by atoms with Crippen molar-refractivity contribution in [3.8, 4) is 6.07 Å². The lowest BCUT2D eigenvalue weighted by atomic mass is 9.10. The fraction of sp³-hybridized carbons (Fsp3) is 0.692. The molecule has 3 heterocycles. The van der Waals surface area contributed by atoms with Crippen LogP contribution in [0.5, 0.6) is 0 Å². The first-order valence-electron chi connectivity index (χ1n) is 13.8. The number of carbonyl (C=O) groups is 2. The number of piperazine rings is 1. The van der Waals surface area contributed by atoms with Crippen LogP contribution in [0.25, 0.3) is 0 Å². The van der Waals surface area contributed by atoms with Crippen molar-refractivity contribution in [2.24, 2.45) is 0 Å². The van der Waals surface area contributed by atoms with Gasteiger partial charge in [0.2, 0.25) is 5.91 Å². The van der Waals surface area contributed by atoms with E-state index in [1.54, 1.807) is 4.90 Å². The number of hydrogen-bond donors (Lipinski definition) is 0. The number of rotatable bonds is 8. The molecule has 1 aromatic rings. The molecule has 1 aromatic heterocycles. The van der Waals surface area contributed by atoms with Gasteiger partial charge in [-0.3, -0.25) is 9.59 Å². The molecule has 1 atom stereocenters. The molecular weight excluding hydrogens is 519 g/mol. The van der Waals surface area contributed by atoms with E-state index in [1.807, 2.05) is 13.8 Å². The largest absolute Gasteiger partial charge is 0.469 e. The summed E-state index contributed by atoms with van der Waals surface area (Å²) in [6, 6.07) is 2.33. The molecule has 0 spiro atoms. The van der Waals surface area contributed by atoms with Crippen molar-refractivity contribution < 1.29 is 19.1 Å². The molecule has 0 unspecified atom stereocenters. The van der Waals surface area contributed by atoms with Gasteiger partial charge in [0.25, 0.3) is 0 Å². The zero-order valence-electron chi connectivity index (χ0n) is 24.5. The van der Waals surface area contributed by atoms with Crippen molar-refractivity contribution in [2.75, 3.05) is 31.6 Å². The van der Waals surface area contributed by atoms with Crippen LogP contribution in [-0.4, -0.2) is 122 Å². The Balaban J connectivity index is 1.86. The lowest BCUT2D eigenvalue weighted by Gasteiger charge is -2.70. The predicted molar refractivity (Wildman–Crippen MR) is 166 cm³/mol. The van der Waals surface area contributed by atoms with E-state index < -0.39 is 38.5 Å². The number of ether oxygens (including phenoxy) is 2. The fourth-order valence-electron chi connectivity index (χ4n) is 6.13. The number of nitrogens with zero attached hydrogens (tertiary/aromatic N) is 4. The van der Waals surface area contributed by atoms with Gasteiger partial charge in [0.15, 0.2) is 0 Å². The van der Waals surface area contributed by atoms with Crippen LogP contribution < -0.4 is 4.90 Å². The molecule has 4 rings (SSSR count). The van der Waals surface area contributed by atoms with Crippen LogP contribution in [0.3, 0.4) is 0 Å². The van der Waals surface area contributed by atoms with E-state index in [2.05, 4.69) is 10.8 Å². The highest BCUT2D eigenvalue weighted by Crippen LogP contribution is 2.63. The zero-order chi connectivity index (χ0) is 31.5. The van der Waals surface area contributed by atoms with E-state index in [-0.39, 0.29) is 38.4 Å². The van der Waals surface area contributed by atoms with Gasteiger partial charge < -0.3 is 19.3 Å². The van der Waals surface area contributed by atoms with Gasteiger partial charge in [0, 0.05) is 49.4 Å². The summed E-state index contributed by atoms with van der Waals surface area (Å²) in [6.45, 7) is 4.11. The van der Waals surface area contributed by atoms with Crippen LogP contribution in [0.1, 0.15) is 67.8 Å². The van der Waals surface area contributed by atoms with Gasteiger partial charge in [0.1, 0.15) is 19.7 Å². The van der Waals surface area contributed by atoms with Crippen molar-refractivity contribution in [1.82, 2.24) is 9.88 Å². The summed E-state index contributed by atoms with van der Waals surface area (Å²) in [5.74, 6) is -0.580. The van der Waals surface area contributed by atoms with Gasteiger partial charge in [-0.2, -0.15) is 5.26 Å². The van der Waals surface area contributed by atoms with Crippen molar-refractivity contribution in [3.05, 3.63) is 22.4 Å². The van der Waals surface area contributed by atoms with E-state index in [9.17, 15) is 14.9 Å². The summed E-state index contributed by atoms with van der Waals surface area (Å²) in [5.41, 5.74) is 0.404. The highest BCUT2D eigenvalue weighted by atomic mass is 16.5. The average molecular weight is 547 g/mol. The minimum Gasteiger partial charge on any atom is -0.469 e. The van der Waals surface area contributed by atoms with Crippen molar-refractivity contribution in [2.45, 2.75) is 85.1 Å². The molecule has 1 saturated carbocycles. The molecule has 1 amide bonds. The smallest absolute Gasteiger partial charge is 0.306 e. The molecule has 42 heavy (non-hydrogen) atoms. The summed E-state index contributed by atoms with van der Waals surface area (Å²) >= 11 is 0. The predicted octanol–water partition coefficient (Wildman–Crippen LogP) is -0.366. The quantitative estimate of drug-likeness (QED) is 0.324. The minimum absolute atomic E-state index is 0.0569. The number of carbonyl (C=O) groups excluding carboxylic acids is 2. The summed E-state index contributed by atoms with van der Waals surface area (Å²) in [5, 5.41) is 3.16. The SMILES string of the molecule is [B]C([B])([B])C([B])(C([B])([B])[B])[C@@]1([B])CN(c2nc(C3CC3)c3c(c2C#N)CC(C)(C)OC3)CCN1C(=O)CCC(=O)OC. The Morgan fingerprint density at radius 3 is 2.21 bits per heavy atom. The second-order valence-electron chi connectivity index (χ2n) is 12.4. The number of anilines is 1. The first kappa shape index (κ1) is 32.8. The highest BCUT2D eigenvalue weighted by Gasteiger charge is 2.59. The van der Waals surface area contributed by atoms with Crippen LogP contribution in [-0.2, 0) is 32.1 Å². The molecule has 1 saturated heterocycles. The molecule has 2 fully saturated rings. The van der Waals surface area contributed by atoms with Crippen LogP contribution in [0.2, 0.25) is 15.5 Å².